The molecule has 1 aliphatic carbocycles. The van der Waals surface area contributed by atoms with E-state index in [-0.39, 0.29) is 18.1 Å². The Morgan fingerprint density at radius 3 is 2.41 bits per heavy atom. The molecule has 0 radical (unpaired) electrons. The number of esters is 1. The lowest BCUT2D eigenvalue weighted by atomic mass is 9.58. The molecular weight excluding hydrogens is 426 g/mol. The van der Waals surface area contributed by atoms with Crippen LogP contribution in [-0.4, -0.2) is 34.6 Å². The number of nitrogens with zero attached hydrogens (tertiary/aromatic N) is 1. The van der Waals surface area contributed by atoms with Crippen LogP contribution in [0, 0.1) is 5.41 Å². The largest absolute Gasteiger partial charge is 0.454 e. The molecule has 0 spiro atoms. The Morgan fingerprint density at radius 1 is 1.06 bits per heavy atom. The fourth-order valence-corrected chi connectivity index (χ4v) is 6.35. The second-order valence-electron chi connectivity index (χ2n) is 10.6. The van der Waals surface area contributed by atoms with Crippen LogP contribution < -0.4 is 0 Å². The van der Waals surface area contributed by atoms with Crippen LogP contribution in [-0.2, 0) is 14.3 Å². The zero-order valence-corrected chi connectivity index (χ0v) is 21.3. The van der Waals surface area contributed by atoms with E-state index in [1.165, 1.54) is 0 Å². The van der Waals surface area contributed by atoms with Gasteiger partial charge in [-0.05, 0) is 75.8 Å². The molecule has 2 aliphatic rings. The number of hydrogen-bond acceptors (Lipinski definition) is 4. The van der Waals surface area contributed by atoms with E-state index in [9.17, 15) is 9.59 Å². The summed E-state index contributed by atoms with van der Waals surface area (Å²) in [4.78, 5) is 29.0. The van der Waals surface area contributed by atoms with Crippen LogP contribution >= 0.6 is 0 Å². The van der Waals surface area contributed by atoms with Gasteiger partial charge in [-0.25, -0.2) is 9.59 Å². The molecule has 1 aliphatic heterocycles. The molecule has 3 atom stereocenters. The van der Waals surface area contributed by atoms with E-state index in [4.69, 9.17) is 9.47 Å². The topological polar surface area (TPSA) is 55.8 Å². The average molecular weight is 466 g/mol. The number of fused-ring (bicyclic) bond motifs is 2. The maximum atomic E-state index is 13.7. The zero-order valence-electron chi connectivity index (χ0n) is 21.3. The van der Waals surface area contributed by atoms with Gasteiger partial charge in [-0.2, -0.15) is 0 Å². The molecule has 1 saturated carbocycles. The number of hydrogen-bond donors (Lipinski definition) is 0. The van der Waals surface area contributed by atoms with Crippen molar-refractivity contribution in [2.24, 2.45) is 5.41 Å². The van der Waals surface area contributed by atoms with E-state index in [1.54, 1.807) is 4.90 Å². The molecule has 1 heterocycles. The number of rotatable bonds is 7. The maximum Gasteiger partial charge on any atom is 0.411 e. The highest BCUT2D eigenvalue weighted by molar-refractivity contribution is 5.88. The zero-order chi connectivity index (χ0) is 24.5. The van der Waals surface area contributed by atoms with Crippen molar-refractivity contribution in [3.8, 4) is 0 Å². The molecule has 4 rings (SSSR count). The molecule has 2 fully saturated rings. The second-order valence-corrected chi connectivity index (χ2v) is 10.6. The molecule has 0 N–H and O–H groups in total. The molecule has 1 saturated heterocycles. The van der Waals surface area contributed by atoms with Crippen LogP contribution in [0.5, 0.6) is 0 Å². The highest BCUT2D eigenvalue weighted by Gasteiger charge is 2.71. The maximum absolute atomic E-state index is 13.7. The highest BCUT2D eigenvalue weighted by Crippen LogP contribution is 2.63. The van der Waals surface area contributed by atoms with Gasteiger partial charge in [-0.1, -0.05) is 62.6 Å². The molecule has 1 amide bonds. The molecule has 2 aromatic rings. The third-order valence-electron chi connectivity index (χ3n) is 7.90. The van der Waals surface area contributed by atoms with Crippen LogP contribution in [0.1, 0.15) is 91.2 Å². The van der Waals surface area contributed by atoms with Gasteiger partial charge in [0.1, 0.15) is 6.10 Å². The van der Waals surface area contributed by atoms with Crippen molar-refractivity contribution in [3.63, 3.8) is 0 Å². The number of amides is 1. The first-order valence-electron chi connectivity index (χ1n) is 13.0. The van der Waals surface area contributed by atoms with Gasteiger partial charge < -0.3 is 14.4 Å². The van der Waals surface area contributed by atoms with Gasteiger partial charge in [0, 0.05) is 12.1 Å². The van der Waals surface area contributed by atoms with Gasteiger partial charge in [-0.3, -0.25) is 0 Å². The molecule has 0 bridgehead atoms. The van der Waals surface area contributed by atoms with E-state index >= 15 is 0 Å². The average Bonchev–Trinajstić information content (AvgIpc) is 3.05. The minimum Gasteiger partial charge on any atom is -0.454 e. The van der Waals surface area contributed by atoms with Crippen LogP contribution in [0.15, 0.2) is 42.5 Å². The number of cyclic esters (lactones) is 1. The van der Waals surface area contributed by atoms with Crippen molar-refractivity contribution < 1.29 is 19.1 Å². The lowest BCUT2D eigenvalue weighted by Gasteiger charge is -2.48. The Labute approximate surface area is 203 Å². The minimum absolute atomic E-state index is 0.0220. The molecule has 34 heavy (non-hydrogen) atoms. The summed E-state index contributed by atoms with van der Waals surface area (Å²) in [6.07, 6.45) is 5.11. The van der Waals surface area contributed by atoms with E-state index in [2.05, 4.69) is 37.3 Å². The molecule has 5 nitrogen and oxygen atoms in total. The quantitative estimate of drug-likeness (QED) is 0.406. The van der Waals surface area contributed by atoms with E-state index in [0.717, 1.165) is 54.9 Å². The lowest BCUT2D eigenvalue weighted by Crippen LogP contribution is -2.58. The Hall–Kier alpha value is -2.56. The molecule has 0 unspecified atom stereocenters. The van der Waals surface area contributed by atoms with Crippen LogP contribution in [0.3, 0.4) is 0 Å². The summed E-state index contributed by atoms with van der Waals surface area (Å²) < 4.78 is 12.6. The fourth-order valence-electron chi connectivity index (χ4n) is 6.35. The monoisotopic (exact) mass is 465 g/mol. The van der Waals surface area contributed by atoms with Gasteiger partial charge in [-0.15, -0.1) is 0 Å². The molecular formula is C29H39NO4. The van der Waals surface area contributed by atoms with E-state index in [1.807, 2.05) is 39.8 Å². The van der Waals surface area contributed by atoms with Crippen LogP contribution in [0.4, 0.5) is 4.79 Å². The summed E-state index contributed by atoms with van der Waals surface area (Å²) in [6.45, 7) is 10.1. The second kappa shape index (κ2) is 9.59. The molecule has 184 valence electrons. The smallest absolute Gasteiger partial charge is 0.411 e. The Morgan fingerprint density at radius 2 is 1.74 bits per heavy atom. The lowest BCUT2D eigenvalue weighted by molar-refractivity contribution is -0.163. The van der Waals surface area contributed by atoms with E-state index < -0.39 is 23.2 Å². The highest BCUT2D eigenvalue weighted by atomic mass is 16.6. The first-order valence-corrected chi connectivity index (χ1v) is 13.0. The SMILES string of the molecule is CCCC[C@]12CCCC[C@@]1(OC(=O)N(C(C)C)C(C)C)C(=O)O[C@@H]2c1ccc2ccccc2c1. The van der Waals surface area contributed by atoms with Crippen molar-refractivity contribution in [2.45, 2.75) is 103 Å². The fraction of sp³-hybridized carbons (Fsp3) is 0.586. The van der Waals surface area contributed by atoms with Gasteiger partial charge >= 0.3 is 12.1 Å². The van der Waals surface area contributed by atoms with Gasteiger partial charge in [0.2, 0.25) is 5.60 Å². The number of carbonyl (C=O) groups is 2. The normalized spacial score (nSPS) is 26.6. The molecule has 5 heteroatoms. The van der Waals surface area contributed by atoms with Gasteiger partial charge in [0.25, 0.3) is 0 Å². The Balaban J connectivity index is 1.80. The number of unbranched alkanes of at least 4 members (excludes halogenated alkanes) is 1. The summed E-state index contributed by atoms with van der Waals surface area (Å²) in [5, 5.41) is 2.28. The molecule has 2 aromatic carbocycles. The van der Waals surface area contributed by atoms with Crippen molar-refractivity contribution >= 4 is 22.8 Å². The first-order chi connectivity index (χ1) is 16.3. The summed E-state index contributed by atoms with van der Waals surface area (Å²) in [5.41, 5.74) is -0.807. The third kappa shape index (κ3) is 3.97. The predicted octanol–water partition coefficient (Wildman–Crippen LogP) is 7.18. The third-order valence-corrected chi connectivity index (χ3v) is 7.90. The van der Waals surface area contributed by atoms with E-state index in [0.29, 0.717) is 6.42 Å². The van der Waals surface area contributed by atoms with Gasteiger partial charge in [0.05, 0.1) is 5.41 Å². The summed E-state index contributed by atoms with van der Waals surface area (Å²) in [5.74, 6) is -0.373. The number of ether oxygens (including phenoxy) is 2. The standard InChI is InChI=1S/C29H39NO4/c1-6-7-16-28-17-10-11-18-29(28,34-27(32)30(20(2)3)21(4)5)26(31)33-25(28)24-15-14-22-12-8-9-13-23(22)19-24/h8-9,12-15,19-21,25H,6-7,10-11,16-18H2,1-5H3/t25-,28-,29-/m1/s1. The number of benzene rings is 2. The van der Waals surface area contributed by atoms with Crippen LogP contribution in [0.2, 0.25) is 0 Å². The number of carbonyl (C=O) groups excluding carboxylic acids is 2. The van der Waals surface area contributed by atoms with Crippen molar-refractivity contribution in [3.05, 3.63) is 48.0 Å². The Bertz CT molecular complexity index is 1040. The van der Waals surface area contributed by atoms with Gasteiger partial charge in [0.15, 0.2) is 0 Å². The Kier molecular flexibility index (Phi) is 6.93. The predicted molar refractivity (Wildman–Crippen MR) is 135 cm³/mol. The summed E-state index contributed by atoms with van der Waals surface area (Å²) in [6, 6.07) is 14.5. The van der Waals surface area contributed by atoms with Crippen molar-refractivity contribution in [1.29, 1.82) is 0 Å². The van der Waals surface area contributed by atoms with Crippen molar-refractivity contribution in [1.82, 2.24) is 4.90 Å². The molecule has 0 aromatic heterocycles. The van der Waals surface area contributed by atoms with Crippen LogP contribution in [0.25, 0.3) is 10.8 Å². The van der Waals surface area contributed by atoms with Crippen molar-refractivity contribution in [2.75, 3.05) is 0 Å². The summed E-state index contributed by atoms with van der Waals surface area (Å²) >= 11 is 0. The first kappa shape index (κ1) is 24.6. The minimum atomic E-state index is -1.24. The summed E-state index contributed by atoms with van der Waals surface area (Å²) in [7, 11) is 0.